The molecule has 20 heavy (non-hydrogen) atoms. The molecule has 0 unspecified atom stereocenters. The molecule has 0 aliphatic rings. The third kappa shape index (κ3) is 2.44. The second-order valence-electron chi connectivity index (χ2n) is 3.71. The van der Waals surface area contributed by atoms with E-state index in [0.29, 0.717) is 6.07 Å². The number of esters is 1. The average molecular weight is 283 g/mol. The van der Waals surface area contributed by atoms with Gasteiger partial charge in [0.1, 0.15) is 11.5 Å². The van der Waals surface area contributed by atoms with Crippen molar-refractivity contribution in [2.24, 2.45) is 0 Å². The van der Waals surface area contributed by atoms with E-state index < -0.39 is 17.6 Å². The standard InChI is InChI=1S/C12H11F2N3O3/c1-3-20-12(18)10-9(15-17-16-10)7-4-6(13)5-8(14)11(7)19-2/h4-5H,3H2,1-2H3,(H,15,16,17). The van der Waals surface area contributed by atoms with Gasteiger partial charge in [-0.2, -0.15) is 10.3 Å². The number of nitrogens with one attached hydrogen (secondary N) is 1. The van der Waals surface area contributed by atoms with Crippen LogP contribution >= 0.6 is 0 Å². The first-order valence-corrected chi connectivity index (χ1v) is 5.69. The van der Waals surface area contributed by atoms with Crippen LogP contribution in [-0.2, 0) is 4.74 Å². The van der Waals surface area contributed by atoms with E-state index >= 15 is 0 Å². The van der Waals surface area contributed by atoms with Crippen LogP contribution in [0.3, 0.4) is 0 Å². The number of H-pyrrole nitrogens is 1. The lowest BCUT2D eigenvalue weighted by Gasteiger charge is -2.08. The molecule has 0 fully saturated rings. The van der Waals surface area contributed by atoms with Gasteiger partial charge in [-0.3, -0.25) is 0 Å². The number of carbonyl (C=O) groups excluding carboxylic acids is 1. The molecule has 1 N–H and O–H groups in total. The number of aromatic nitrogens is 3. The molecule has 2 rings (SSSR count). The number of hydrogen-bond donors (Lipinski definition) is 1. The fraction of sp³-hybridized carbons (Fsp3) is 0.250. The lowest BCUT2D eigenvalue weighted by Crippen LogP contribution is -2.07. The minimum absolute atomic E-state index is 0.0261. The number of nitrogens with zero attached hydrogens (tertiary/aromatic N) is 2. The number of rotatable bonds is 4. The Morgan fingerprint density at radius 1 is 1.35 bits per heavy atom. The molecule has 0 radical (unpaired) electrons. The van der Waals surface area contributed by atoms with Crippen LogP contribution in [0.4, 0.5) is 8.78 Å². The maximum absolute atomic E-state index is 13.6. The van der Waals surface area contributed by atoms with E-state index in [1.165, 1.54) is 7.11 Å². The van der Waals surface area contributed by atoms with Crippen LogP contribution in [0.5, 0.6) is 5.75 Å². The molecule has 0 spiro atoms. The van der Waals surface area contributed by atoms with E-state index in [2.05, 4.69) is 15.4 Å². The van der Waals surface area contributed by atoms with E-state index in [1.807, 2.05) is 0 Å². The number of carbonyl (C=O) groups is 1. The van der Waals surface area contributed by atoms with Gasteiger partial charge in [-0.05, 0) is 13.0 Å². The number of ether oxygens (including phenoxy) is 2. The maximum atomic E-state index is 13.6. The van der Waals surface area contributed by atoms with Gasteiger partial charge >= 0.3 is 5.97 Å². The molecule has 1 aromatic carbocycles. The Labute approximate surface area is 112 Å². The van der Waals surface area contributed by atoms with Gasteiger partial charge in [-0.1, -0.05) is 0 Å². The first-order chi connectivity index (χ1) is 9.58. The van der Waals surface area contributed by atoms with Crippen molar-refractivity contribution in [2.75, 3.05) is 13.7 Å². The summed E-state index contributed by atoms with van der Waals surface area (Å²) in [6.45, 7) is 1.76. The second kappa shape index (κ2) is 5.64. The lowest BCUT2D eigenvalue weighted by molar-refractivity contribution is 0.0520. The van der Waals surface area contributed by atoms with Crippen LogP contribution in [0, 0.1) is 11.6 Å². The maximum Gasteiger partial charge on any atom is 0.361 e. The van der Waals surface area contributed by atoms with Crippen LogP contribution in [0.25, 0.3) is 11.3 Å². The highest BCUT2D eigenvalue weighted by Crippen LogP contribution is 2.33. The van der Waals surface area contributed by atoms with E-state index in [0.717, 1.165) is 6.07 Å². The van der Waals surface area contributed by atoms with Crippen molar-refractivity contribution in [3.05, 3.63) is 29.5 Å². The fourth-order valence-corrected chi connectivity index (χ4v) is 1.70. The average Bonchev–Trinajstić information content (AvgIpc) is 2.87. The summed E-state index contributed by atoms with van der Waals surface area (Å²) in [6, 6.07) is 1.68. The molecular weight excluding hydrogens is 272 g/mol. The van der Waals surface area contributed by atoms with Gasteiger partial charge < -0.3 is 9.47 Å². The van der Waals surface area contributed by atoms with E-state index in [9.17, 15) is 13.6 Å². The van der Waals surface area contributed by atoms with Crippen LogP contribution in [0.1, 0.15) is 17.4 Å². The number of aromatic amines is 1. The zero-order valence-corrected chi connectivity index (χ0v) is 10.7. The zero-order valence-electron chi connectivity index (χ0n) is 10.7. The first kappa shape index (κ1) is 13.9. The molecule has 0 atom stereocenters. The Hall–Kier alpha value is -2.51. The highest BCUT2D eigenvalue weighted by atomic mass is 19.1. The fourth-order valence-electron chi connectivity index (χ4n) is 1.70. The molecule has 0 aliphatic carbocycles. The minimum Gasteiger partial charge on any atom is -0.493 e. The van der Waals surface area contributed by atoms with Crippen molar-refractivity contribution in [1.29, 1.82) is 0 Å². The molecule has 0 amide bonds. The first-order valence-electron chi connectivity index (χ1n) is 5.69. The molecule has 0 saturated carbocycles. The predicted octanol–water partition coefficient (Wildman–Crippen LogP) is 1.94. The summed E-state index contributed by atoms with van der Waals surface area (Å²) in [5.74, 6) is -2.70. The summed E-state index contributed by atoms with van der Waals surface area (Å²) >= 11 is 0. The van der Waals surface area contributed by atoms with Crippen molar-refractivity contribution in [3.63, 3.8) is 0 Å². The Morgan fingerprint density at radius 2 is 2.10 bits per heavy atom. The molecular formula is C12H11F2N3O3. The topological polar surface area (TPSA) is 77.1 Å². The summed E-state index contributed by atoms with van der Waals surface area (Å²) in [6.07, 6.45) is 0. The molecule has 2 aromatic rings. The largest absolute Gasteiger partial charge is 0.493 e. The molecule has 0 bridgehead atoms. The molecule has 1 aromatic heterocycles. The number of hydrogen-bond acceptors (Lipinski definition) is 5. The molecule has 0 saturated heterocycles. The van der Waals surface area contributed by atoms with Gasteiger partial charge in [-0.15, -0.1) is 5.10 Å². The highest BCUT2D eigenvalue weighted by Gasteiger charge is 2.24. The van der Waals surface area contributed by atoms with Gasteiger partial charge in [0.2, 0.25) is 0 Å². The monoisotopic (exact) mass is 283 g/mol. The third-order valence-electron chi connectivity index (χ3n) is 2.48. The molecule has 0 aliphatic heterocycles. The van der Waals surface area contributed by atoms with Gasteiger partial charge in [0.05, 0.1) is 19.3 Å². The minimum atomic E-state index is -0.902. The number of methoxy groups -OCH3 is 1. The Kier molecular flexibility index (Phi) is 3.92. The highest BCUT2D eigenvalue weighted by molar-refractivity contribution is 5.94. The Balaban J connectivity index is 2.58. The van der Waals surface area contributed by atoms with Gasteiger partial charge in [0.25, 0.3) is 0 Å². The summed E-state index contributed by atoms with van der Waals surface area (Å²) in [5, 5.41) is 9.59. The second-order valence-corrected chi connectivity index (χ2v) is 3.71. The molecule has 8 heteroatoms. The van der Waals surface area contributed by atoms with Gasteiger partial charge in [0, 0.05) is 6.07 Å². The summed E-state index contributed by atoms with van der Waals surface area (Å²) in [5.41, 5.74) is -0.240. The van der Waals surface area contributed by atoms with Gasteiger partial charge in [0.15, 0.2) is 17.3 Å². The van der Waals surface area contributed by atoms with Crippen LogP contribution < -0.4 is 4.74 Å². The summed E-state index contributed by atoms with van der Waals surface area (Å²) in [4.78, 5) is 11.7. The Bertz CT molecular complexity index is 643. The zero-order chi connectivity index (χ0) is 14.7. The van der Waals surface area contributed by atoms with E-state index in [-0.39, 0.29) is 29.3 Å². The van der Waals surface area contributed by atoms with Crippen molar-refractivity contribution in [2.45, 2.75) is 6.92 Å². The smallest absolute Gasteiger partial charge is 0.361 e. The quantitative estimate of drug-likeness (QED) is 0.868. The van der Waals surface area contributed by atoms with Crippen molar-refractivity contribution >= 4 is 5.97 Å². The predicted molar refractivity (Wildman–Crippen MR) is 64.2 cm³/mol. The van der Waals surface area contributed by atoms with Crippen LogP contribution in [0.15, 0.2) is 12.1 Å². The molecule has 106 valence electrons. The van der Waals surface area contributed by atoms with Crippen molar-refractivity contribution in [3.8, 4) is 17.0 Å². The van der Waals surface area contributed by atoms with Crippen LogP contribution in [0.2, 0.25) is 0 Å². The SMILES string of the molecule is CCOC(=O)c1n[nH]nc1-c1cc(F)cc(F)c1OC. The van der Waals surface area contributed by atoms with Crippen molar-refractivity contribution < 1.29 is 23.0 Å². The molecule has 1 heterocycles. The van der Waals surface area contributed by atoms with Crippen molar-refractivity contribution in [1.82, 2.24) is 15.4 Å². The third-order valence-corrected chi connectivity index (χ3v) is 2.48. The van der Waals surface area contributed by atoms with E-state index in [1.54, 1.807) is 6.92 Å². The summed E-state index contributed by atoms with van der Waals surface area (Å²) in [7, 11) is 1.23. The van der Waals surface area contributed by atoms with Crippen LogP contribution in [-0.4, -0.2) is 35.1 Å². The summed E-state index contributed by atoms with van der Waals surface area (Å²) < 4.78 is 36.7. The van der Waals surface area contributed by atoms with Gasteiger partial charge in [-0.25, -0.2) is 13.6 Å². The number of halogens is 2. The van der Waals surface area contributed by atoms with E-state index in [4.69, 9.17) is 9.47 Å². The normalized spacial score (nSPS) is 10.4. The molecule has 6 nitrogen and oxygen atoms in total. The number of benzene rings is 1. The lowest BCUT2D eigenvalue weighted by atomic mass is 10.1. The Morgan fingerprint density at radius 3 is 2.75 bits per heavy atom.